The normalized spacial score (nSPS) is 10.6. The highest BCUT2D eigenvalue weighted by Crippen LogP contribution is 2.20. The van der Waals surface area contributed by atoms with Crippen molar-refractivity contribution in [1.29, 1.82) is 0 Å². The molecule has 5 heteroatoms. The van der Waals surface area contributed by atoms with Crippen LogP contribution in [0.2, 0.25) is 0 Å². The molecule has 0 spiro atoms. The number of hydrogen-bond donors (Lipinski definition) is 0. The SMILES string of the molecule is Cc1cc(F)c(C(=O)c2ccc(F)cc2F)cc1F. The van der Waals surface area contributed by atoms with Crippen LogP contribution in [0, 0.1) is 30.2 Å². The summed E-state index contributed by atoms with van der Waals surface area (Å²) in [4.78, 5) is 11.9. The number of halogens is 4. The monoisotopic (exact) mass is 268 g/mol. The minimum Gasteiger partial charge on any atom is -0.288 e. The minimum absolute atomic E-state index is 0.0358. The second-order valence-electron chi connectivity index (χ2n) is 4.03. The summed E-state index contributed by atoms with van der Waals surface area (Å²) in [6.45, 7) is 1.34. The van der Waals surface area contributed by atoms with Gasteiger partial charge in [-0.1, -0.05) is 0 Å². The average Bonchev–Trinajstić information content (AvgIpc) is 2.33. The van der Waals surface area contributed by atoms with Gasteiger partial charge in [-0.25, -0.2) is 17.6 Å². The molecule has 0 aliphatic heterocycles. The van der Waals surface area contributed by atoms with Crippen molar-refractivity contribution in [2.45, 2.75) is 6.92 Å². The van der Waals surface area contributed by atoms with Gasteiger partial charge >= 0.3 is 0 Å². The standard InChI is InChI=1S/C14H8F4O/c1-7-4-12(17)10(6-11(7)16)14(19)9-3-2-8(15)5-13(9)18/h2-6H,1H3. The van der Waals surface area contributed by atoms with Crippen molar-refractivity contribution in [3.63, 3.8) is 0 Å². The van der Waals surface area contributed by atoms with E-state index in [0.717, 1.165) is 18.2 Å². The van der Waals surface area contributed by atoms with Crippen molar-refractivity contribution in [3.8, 4) is 0 Å². The van der Waals surface area contributed by atoms with Crippen LogP contribution in [0.5, 0.6) is 0 Å². The van der Waals surface area contributed by atoms with Crippen molar-refractivity contribution in [2.75, 3.05) is 0 Å². The molecule has 2 aromatic rings. The molecule has 2 rings (SSSR count). The Kier molecular flexibility index (Phi) is 3.38. The average molecular weight is 268 g/mol. The van der Waals surface area contributed by atoms with E-state index in [0.29, 0.717) is 12.1 Å². The molecule has 0 aliphatic carbocycles. The van der Waals surface area contributed by atoms with Crippen LogP contribution in [0.3, 0.4) is 0 Å². The van der Waals surface area contributed by atoms with Crippen LogP contribution in [-0.4, -0.2) is 5.78 Å². The smallest absolute Gasteiger partial charge is 0.199 e. The third kappa shape index (κ3) is 2.50. The summed E-state index contributed by atoms with van der Waals surface area (Å²) in [5.41, 5.74) is -1.06. The van der Waals surface area contributed by atoms with Gasteiger partial charge in [-0.3, -0.25) is 4.79 Å². The van der Waals surface area contributed by atoms with E-state index < -0.39 is 40.2 Å². The number of carbonyl (C=O) groups is 1. The summed E-state index contributed by atoms with van der Waals surface area (Å²) in [5.74, 6) is -4.73. The first-order valence-corrected chi connectivity index (χ1v) is 5.35. The molecule has 19 heavy (non-hydrogen) atoms. The van der Waals surface area contributed by atoms with E-state index in [-0.39, 0.29) is 5.56 Å². The van der Waals surface area contributed by atoms with Gasteiger partial charge in [-0.15, -0.1) is 0 Å². The molecule has 0 atom stereocenters. The fourth-order valence-electron chi connectivity index (χ4n) is 1.64. The molecule has 0 saturated heterocycles. The summed E-state index contributed by atoms with van der Waals surface area (Å²) < 4.78 is 53.1. The number of aryl methyl sites for hydroxylation is 1. The van der Waals surface area contributed by atoms with E-state index >= 15 is 0 Å². The summed E-state index contributed by atoms with van der Waals surface area (Å²) >= 11 is 0. The van der Waals surface area contributed by atoms with Crippen LogP contribution < -0.4 is 0 Å². The van der Waals surface area contributed by atoms with E-state index in [1.54, 1.807) is 0 Å². The fourth-order valence-corrected chi connectivity index (χ4v) is 1.64. The molecule has 98 valence electrons. The van der Waals surface area contributed by atoms with Crippen LogP contribution >= 0.6 is 0 Å². The van der Waals surface area contributed by atoms with Crippen LogP contribution in [0.4, 0.5) is 17.6 Å². The topological polar surface area (TPSA) is 17.1 Å². The zero-order chi connectivity index (χ0) is 14.2. The van der Waals surface area contributed by atoms with Crippen molar-refractivity contribution < 1.29 is 22.4 Å². The maximum Gasteiger partial charge on any atom is 0.199 e. The fraction of sp³-hybridized carbons (Fsp3) is 0.0714. The Hall–Kier alpha value is -2.17. The van der Waals surface area contributed by atoms with Crippen molar-refractivity contribution >= 4 is 5.78 Å². The Bertz CT molecular complexity index is 665. The largest absolute Gasteiger partial charge is 0.288 e. The van der Waals surface area contributed by atoms with Crippen molar-refractivity contribution in [2.24, 2.45) is 0 Å². The Morgan fingerprint density at radius 1 is 0.842 bits per heavy atom. The Morgan fingerprint density at radius 2 is 1.47 bits per heavy atom. The van der Waals surface area contributed by atoms with Crippen LogP contribution in [-0.2, 0) is 0 Å². The molecule has 0 saturated carbocycles. The summed E-state index contributed by atoms with van der Waals surface area (Å²) in [6, 6.07) is 3.83. The van der Waals surface area contributed by atoms with Crippen LogP contribution in [0.1, 0.15) is 21.5 Å². The third-order valence-corrected chi connectivity index (χ3v) is 2.67. The van der Waals surface area contributed by atoms with Gasteiger partial charge in [0.1, 0.15) is 23.3 Å². The van der Waals surface area contributed by atoms with E-state index in [1.807, 2.05) is 0 Å². The zero-order valence-corrected chi connectivity index (χ0v) is 9.81. The third-order valence-electron chi connectivity index (χ3n) is 2.67. The van der Waals surface area contributed by atoms with Crippen LogP contribution in [0.15, 0.2) is 30.3 Å². The van der Waals surface area contributed by atoms with Gasteiger partial charge < -0.3 is 0 Å². The zero-order valence-electron chi connectivity index (χ0n) is 9.81. The lowest BCUT2D eigenvalue weighted by Crippen LogP contribution is -2.08. The van der Waals surface area contributed by atoms with Gasteiger partial charge in [-0.2, -0.15) is 0 Å². The second kappa shape index (κ2) is 4.84. The highest BCUT2D eigenvalue weighted by Gasteiger charge is 2.19. The Morgan fingerprint density at radius 3 is 2.11 bits per heavy atom. The summed E-state index contributed by atoms with van der Waals surface area (Å²) in [7, 11) is 0. The molecule has 0 aromatic heterocycles. The molecular formula is C14H8F4O. The number of benzene rings is 2. The van der Waals surface area contributed by atoms with Crippen molar-refractivity contribution in [3.05, 3.63) is 70.3 Å². The molecule has 0 bridgehead atoms. The van der Waals surface area contributed by atoms with Gasteiger partial charge in [0.05, 0.1) is 11.1 Å². The quantitative estimate of drug-likeness (QED) is 0.598. The molecule has 0 amide bonds. The molecule has 0 radical (unpaired) electrons. The molecule has 1 nitrogen and oxygen atoms in total. The second-order valence-corrected chi connectivity index (χ2v) is 4.03. The van der Waals surface area contributed by atoms with Gasteiger partial charge in [0.25, 0.3) is 0 Å². The summed E-state index contributed by atoms with van der Waals surface area (Å²) in [6.07, 6.45) is 0. The lowest BCUT2D eigenvalue weighted by Gasteiger charge is -2.06. The number of hydrogen-bond acceptors (Lipinski definition) is 1. The Labute approximate surface area is 106 Å². The predicted octanol–water partition coefficient (Wildman–Crippen LogP) is 3.78. The molecule has 0 heterocycles. The van der Waals surface area contributed by atoms with Crippen molar-refractivity contribution in [1.82, 2.24) is 0 Å². The molecule has 0 aliphatic rings. The lowest BCUT2D eigenvalue weighted by molar-refractivity contribution is 0.103. The molecule has 0 unspecified atom stereocenters. The van der Waals surface area contributed by atoms with E-state index in [2.05, 4.69) is 0 Å². The molecular weight excluding hydrogens is 260 g/mol. The van der Waals surface area contributed by atoms with Gasteiger partial charge in [-0.05, 0) is 36.8 Å². The minimum atomic E-state index is -1.12. The highest BCUT2D eigenvalue weighted by molar-refractivity contribution is 6.09. The maximum absolute atomic E-state index is 13.6. The van der Waals surface area contributed by atoms with E-state index in [4.69, 9.17) is 0 Å². The lowest BCUT2D eigenvalue weighted by atomic mass is 10.0. The van der Waals surface area contributed by atoms with Gasteiger partial charge in [0.2, 0.25) is 0 Å². The van der Waals surface area contributed by atoms with E-state index in [9.17, 15) is 22.4 Å². The molecule has 0 fully saturated rings. The number of ketones is 1. The number of carbonyl (C=O) groups excluding carboxylic acids is 1. The van der Waals surface area contributed by atoms with E-state index in [1.165, 1.54) is 6.92 Å². The number of rotatable bonds is 2. The van der Waals surface area contributed by atoms with Gasteiger partial charge in [0, 0.05) is 6.07 Å². The van der Waals surface area contributed by atoms with Gasteiger partial charge in [0.15, 0.2) is 5.78 Å². The maximum atomic E-state index is 13.6. The first-order chi connectivity index (χ1) is 8.90. The molecule has 0 N–H and O–H groups in total. The highest BCUT2D eigenvalue weighted by atomic mass is 19.1. The first-order valence-electron chi connectivity index (χ1n) is 5.35. The Balaban J connectivity index is 2.53. The first kappa shape index (κ1) is 13.3. The van der Waals surface area contributed by atoms with Crippen LogP contribution in [0.25, 0.3) is 0 Å². The predicted molar refractivity (Wildman–Crippen MR) is 60.9 cm³/mol. The molecule has 2 aromatic carbocycles. The summed E-state index contributed by atoms with van der Waals surface area (Å²) in [5, 5.41) is 0.